The van der Waals surface area contributed by atoms with Crippen LogP contribution < -0.4 is 15.2 Å². The third kappa shape index (κ3) is 8.13. The zero-order valence-corrected chi connectivity index (χ0v) is 24.2. The molecular weight excluding hydrogens is 555 g/mol. The van der Waals surface area contributed by atoms with Crippen molar-refractivity contribution in [1.29, 1.82) is 0 Å². The van der Waals surface area contributed by atoms with Gasteiger partial charge in [-0.3, -0.25) is 0 Å². The summed E-state index contributed by atoms with van der Waals surface area (Å²) in [5, 5.41) is 17.8. The number of hydrogen-bond acceptors (Lipinski definition) is 8. The summed E-state index contributed by atoms with van der Waals surface area (Å²) in [6.07, 6.45) is 1.83. The predicted molar refractivity (Wildman–Crippen MR) is 144 cm³/mol. The van der Waals surface area contributed by atoms with Crippen molar-refractivity contribution in [2.75, 3.05) is 13.7 Å². The number of aromatic hydroxyl groups is 1. The number of aryl methyl sites for hydroxylation is 4. The first-order valence-electron chi connectivity index (χ1n) is 11.8. The number of aromatic nitrogens is 2. The molecule has 0 radical (unpaired) electrons. The van der Waals surface area contributed by atoms with Gasteiger partial charge < -0.3 is 0 Å². The van der Waals surface area contributed by atoms with E-state index in [-0.39, 0.29) is 18.2 Å². The zero-order valence-electron chi connectivity index (χ0n) is 21.3. The van der Waals surface area contributed by atoms with Gasteiger partial charge in [0.15, 0.2) is 0 Å². The minimum atomic E-state index is -1.06. The van der Waals surface area contributed by atoms with Crippen molar-refractivity contribution in [1.82, 2.24) is 20.6 Å². The van der Waals surface area contributed by atoms with Gasteiger partial charge in [0.2, 0.25) is 0 Å². The molecule has 1 aromatic carbocycles. The molecule has 0 aliphatic rings. The Morgan fingerprint density at radius 3 is 2.46 bits per heavy atom. The number of methoxy groups -OCH3 is 1. The molecular formula is C26H31AsN4O5S. The van der Waals surface area contributed by atoms with Crippen molar-refractivity contribution in [2.45, 2.75) is 44.9 Å². The Hall–Kier alpha value is -3.23. The molecule has 11 heteroatoms. The molecule has 37 heavy (non-hydrogen) atoms. The van der Waals surface area contributed by atoms with Crippen LogP contribution in [0.15, 0.2) is 35.7 Å². The van der Waals surface area contributed by atoms with Crippen LogP contribution in [-0.4, -0.2) is 68.3 Å². The van der Waals surface area contributed by atoms with E-state index in [0.29, 0.717) is 21.8 Å². The molecule has 0 aliphatic carbocycles. The van der Waals surface area contributed by atoms with Crippen LogP contribution in [0.3, 0.4) is 0 Å². The minimum absolute atomic E-state index is 0.114. The number of nitrogens with one attached hydrogen (secondary N) is 2. The van der Waals surface area contributed by atoms with Crippen molar-refractivity contribution in [3.63, 3.8) is 0 Å². The van der Waals surface area contributed by atoms with Gasteiger partial charge in [-0.15, -0.1) is 0 Å². The fourth-order valence-corrected chi connectivity index (χ4v) is 6.79. The topological polar surface area (TPSA) is 131 Å². The Balaban J connectivity index is 1.59. The summed E-state index contributed by atoms with van der Waals surface area (Å²) < 4.78 is 5.59. The second kappa shape index (κ2) is 13.4. The van der Waals surface area contributed by atoms with Gasteiger partial charge in [-0.25, -0.2) is 0 Å². The van der Waals surface area contributed by atoms with E-state index in [9.17, 15) is 19.5 Å². The van der Waals surface area contributed by atoms with Crippen LogP contribution in [0.4, 0.5) is 0 Å². The Labute approximate surface area is 226 Å². The van der Waals surface area contributed by atoms with Gasteiger partial charge in [0.25, 0.3) is 0 Å². The normalized spacial score (nSPS) is 11.9. The number of benzene rings is 1. The molecule has 196 valence electrons. The number of carbonyl (C=O) groups is 3. The molecule has 0 spiro atoms. The van der Waals surface area contributed by atoms with Gasteiger partial charge in [-0.05, 0) is 17.9 Å². The van der Waals surface area contributed by atoms with Gasteiger partial charge in [-0.1, -0.05) is 0 Å². The number of phenols is 1. The van der Waals surface area contributed by atoms with E-state index in [0.717, 1.165) is 33.8 Å². The van der Waals surface area contributed by atoms with Crippen LogP contribution in [0.1, 0.15) is 49.0 Å². The zero-order chi connectivity index (χ0) is 26.9. The first-order valence-corrected chi connectivity index (χ1v) is 15.2. The number of nitrogens with zero attached hydrogens (tertiary/aromatic N) is 2. The van der Waals surface area contributed by atoms with Crippen molar-refractivity contribution in [2.24, 2.45) is 0 Å². The summed E-state index contributed by atoms with van der Waals surface area (Å²) in [5.74, 6) is -1.22. The summed E-state index contributed by atoms with van der Waals surface area (Å²) in [5.41, 5.74) is 3.46. The Bertz CT molecular complexity index is 1260. The number of hydrogen-bond donors (Lipinski definition) is 3. The molecule has 0 saturated carbocycles. The maximum atomic E-state index is 13.1. The van der Waals surface area contributed by atoms with E-state index in [4.69, 9.17) is 4.74 Å². The Morgan fingerprint density at radius 1 is 1.11 bits per heavy atom. The second-order valence-electron chi connectivity index (χ2n) is 8.54. The summed E-state index contributed by atoms with van der Waals surface area (Å²) in [6.45, 7) is 5.28. The number of phenolic OH excluding ortho intramolecular Hbond substituents is 1. The third-order valence-corrected chi connectivity index (χ3v) is 8.99. The molecule has 2 heterocycles. The Kier molecular flexibility index (Phi) is 10.2. The molecule has 2 atom stereocenters. The van der Waals surface area contributed by atoms with Gasteiger partial charge in [0.1, 0.15) is 0 Å². The second-order valence-corrected chi connectivity index (χ2v) is 12.2. The average molecular weight is 587 g/mol. The molecule has 3 rings (SSSR count). The standard InChI is InChI=1S/C26H31AsN4O5S/c1-15-11-21(37-14-15)23(33)28-13-20(25(35)36-4)31-24(34)22-16(2)29-26(30-17(22)3)27-10-6-8-18-7-5-9-19(32)12-18/h5,7,9,11-12,14,20,27,32H,6,8,10,13H2,1-4H3,(H,28,33)(H,31,34). The molecule has 2 amide bonds. The SMILES string of the molecule is COC(=O)C(CNC(=O)c1cc(C)cs1)NC(=O)c1c(C)nc([AsH]CCCc2cccc(O)c2)nc1C. The van der Waals surface area contributed by atoms with Crippen LogP contribution in [0.25, 0.3) is 0 Å². The number of ether oxygens (including phenoxy) is 1. The van der Waals surface area contributed by atoms with Crippen molar-refractivity contribution in [3.05, 3.63) is 68.7 Å². The van der Waals surface area contributed by atoms with Gasteiger partial charge >= 0.3 is 209 Å². The summed E-state index contributed by atoms with van der Waals surface area (Å²) in [6, 6.07) is 7.95. The van der Waals surface area contributed by atoms with E-state index >= 15 is 0 Å². The fraction of sp³-hybridized carbons (Fsp3) is 0.346. The average Bonchev–Trinajstić information content (AvgIpc) is 3.29. The molecule has 2 aromatic heterocycles. The molecule has 2 unspecified atom stereocenters. The van der Waals surface area contributed by atoms with E-state index < -0.39 is 33.7 Å². The molecule has 9 nitrogen and oxygen atoms in total. The monoisotopic (exact) mass is 586 g/mol. The van der Waals surface area contributed by atoms with Crippen LogP contribution in [0, 0.1) is 20.8 Å². The van der Waals surface area contributed by atoms with Crippen LogP contribution >= 0.6 is 11.3 Å². The fourth-order valence-electron chi connectivity index (χ4n) is 3.73. The number of carbonyl (C=O) groups excluding carboxylic acids is 3. The molecule has 3 aromatic rings. The molecule has 0 aliphatic heterocycles. The van der Waals surface area contributed by atoms with E-state index in [2.05, 4.69) is 20.6 Å². The molecule has 0 saturated heterocycles. The maximum absolute atomic E-state index is 13.1. The number of esters is 1. The van der Waals surface area contributed by atoms with Crippen molar-refractivity contribution < 1.29 is 24.2 Å². The summed E-state index contributed by atoms with van der Waals surface area (Å²) in [7, 11) is 1.23. The summed E-state index contributed by atoms with van der Waals surface area (Å²) >= 11 is 0.709. The Morgan fingerprint density at radius 2 is 1.84 bits per heavy atom. The molecule has 0 fully saturated rings. The van der Waals surface area contributed by atoms with E-state index in [1.807, 2.05) is 24.4 Å². The number of rotatable bonds is 11. The van der Waals surface area contributed by atoms with E-state index in [1.165, 1.54) is 18.4 Å². The van der Waals surface area contributed by atoms with Crippen molar-refractivity contribution in [3.8, 4) is 5.75 Å². The van der Waals surface area contributed by atoms with Crippen LogP contribution in [0.2, 0.25) is 5.21 Å². The first kappa shape index (κ1) is 28.3. The number of thiophene rings is 1. The first-order chi connectivity index (χ1) is 17.7. The van der Waals surface area contributed by atoms with Gasteiger partial charge in [0.05, 0.1) is 0 Å². The summed E-state index contributed by atoms with van der Waals surface area (Å²) in [4.78, 5) is 47.4. The van der Waals surface area contributed by atoms with Gasteiger partial charge in [-0.2, -0.15) is 0 Å². The van der Waals surface area contributed by atoms with Crippen LogP contribution in [-0.2, 0) is 16.0 Å². The molecule has 0 bridgehead atoms. The van der Waals surface area contributed by atoms with Gasteiger partial charge in [0, 0.05) is 0 Å². The predicted octanol–water partition coefficient (Wildman–Crippen LogP) is 1.98. The third-order valence-electron chi connectivity index (χ3n) is 5.55. The van der Waals surface area contributed by atoms with E-state index in [1.54, 1.807) is 32.0 Å². The quantitative estimate of drug-likeness (QED) is 0.178. The van der Waals surface area contributed by atoms with Crippen molar-refractivity contribution >= 4 is 49.5 Å². The molecule has 3 N–H and O–H groups in total. The van der Waals surface area contributed by atoms with Crippen LogP contribution in [0.5, 0.6) is 5.75 Å². The number of amides is 2.